The predicted molar refractivity (Wildman–Crippen MR) is 58.5 cm³/mol. The van der Waals surface area contributed by atoms with Gasteiger partial charge in [-0.25, -0.2) is 4.98 Å². The number of hydrogen-bond acceptors (Lipinski definition) is 4. The van der Waals surface area contributed by atoms with Gasteiger partial charge in [-0.1, -0.05) is 13.3 Å². The Morgan fingerprint density at radius 2 is 2.46 bits per heavy atom. The summed E-state index contributed by atoms with van der Waals surface area (Å²) in [5.74, 6) is 0. The summed E-state index contributed by atoms with van der Waals surface area (Å²) in [5, 5.41) is 7.09. The molecule has 0 aliphatic carbocycles. The molecule has 0 atom stereocenters. The minimum Gasteiger partial charge on any atom is -0.253 e. The molecule has 0 aliphatic rings. The molecule has 0 aromatic carbocycles. The lowest BCUT2D eigenvalue weighted by molar-refractivity contribution is 0.982. The molecule has 4 heteroatoms. The van der Waals surface area contributed by atoms with Crippen LogP contribution in [0.25, 0.3) is 0 Å². The van der Waals surface area contributed by atoms with E-state index in [0.29, 0.717) is 0 Å². The van der Waals surface area contributed by atoms with Gasteiger partial charge in [-0.05, 0) is 20.3 Å². The van der Waals surface area contributed by atoms with Crippen molar-refractivity contribution in [2.24, 2.45) is 5.10 Å². The zero-order chi connectivity index (χ0) is 9.68. The summed E-state index contributed by atoms with van der Waals surface area (Å²) in [6.45, 7) is 6.15. The van der Waals surface area contributed by atoms with E-state index in [1.807, 2.05) is 19.2 Å². The van der Waals surface area contributed by atoms with Gasteiger partial charge in [-0.3, -0.25) is 5.43 Å². The fourth-order valence-electron chi connectivity index (χ4n) is 0.966. The number of nitrogens with one attached hydrogen (secondary N) is 1. The largest absolute Gasteiger partial charge is 0.253 e. The Bertz CT molecular complexity index is 291. The standard InChI is InChI=1S/C9H15N3S/c1-4-5-7(2)11-12-9-10-8(3)6-13-9/h6H,4-5H2,1-3H3,(H,10,12)/b11-7+. The maximum Gasteiger partial charge on any atom is 0.203 e. The van der Waals surface area contributed by atoms with E-state index in [-0.39, 0.29) is 0 Å². The lowest BCUT2D eigenvalue weighted by atomic mass is 10.2. The van der Waals surface area contributed by atoms with Crippen LogP contribution >= 0.6 is 11.3 Å². The highest BCUT2D eigenvalue weighted by atomic mass is 32.1. The molecule has 0 spiro atoms. The Morgan fingerprint density at radius 1 is 1.69 bits per heavy atom. The molecule has 1 rings (SSSR count). The maximum atomic E-state index is 4.24. The molecule has 3 nitrogen and oxygen atoms in total. The van der Waals surface area contributed by atoms with Gasteiger partial charge >= 0.3 is 0 Å². The van der Waals surface area contributed by atoms with Crippen molar-refractivity contribution in [3.05, 3.63) is 11.1 Å². The zero-order valence-corrected chi connectivity index (χ0v) is 9.11. The Hall–Kier alpha value is -0.900. The number of nitrogens with zero attached hydrogens (tertiary/aromatic N) is 2. The average molecular weight is 197 g/mol. The number of thiazole rings is 1. The highest BCUT2D eigenvalue weighted by molar-refractivity contribution is 7.13. The number of hydrazone groups is 1. The highest BCUT2D eigenvalue weighted by Gasteiger charge is 1.95. The van der Waals surface area contributed by atoms with Crippen molar-refractivity contribution in [3.63, 3.8) is 0 Å². The third kappa shape index (κ3) is 3.55. The van der Waals surface area contributed by atoms with Gasteiger partial charge in [0.05, 0.1) is 5.69 Å². The van der Waals surface area contributed by atoms with E-state index in [0.717, 1.165) is 29.4 Å². The fourth-order valence-corrected chi connectivity index (χ4v) is 1.60. The summed E-state index contributed by atoms with van der Waals surface area (Å²) in [5.41, 5.74) is 5.10. The SMILES string of the molecule is CCC/C(C)=N/Nc1nc(C)cs1. The molecule has 0 saturated carbocycles. The molecular formula is C9H15N3S. The number of rotatable bonds is 4. The van der Waals surface area contributed by atoms with Crippen molar-refractivity contribution < 1.29 is 0 Å². The minimum absolute atomic E-state index is 0.868. The normalized spacial score (nSPS) is 11.8. The van der Waals surface area contributed by atoms with E-state index < -0.39 is 0 Å². The first-order chi connectivity index (χ1) is 6.22. The smallest absolute Gasteiger partial charge is 0.203 e. The van der Waals surface area contributed by atoms with Crippen LogP contribution < -0.4 is 5.43 Å². The lowest BCUT2D eigenvalue weighted by Gasteiger charge is -1.97. The first kappa shape index (κ1) is 10.2. The van der Waals surface area contributed by atoms with Crippen molar-refractivity contribution >= 4 is 22.2 Å². The molecule has 0 bridgehead atoms. The number of aromatic nitrogens is 1. The van der Waals surface area contributed by atoms with E-state index in [1.54, 1.807) is 11.3 Å². The second-order valence-corrected chi connectivity index (χ2v) is 3.86. The van der Waals surface area contributed by atoms with Gasteiger partial charge in [0.15, 0.2) is 0 Å². The van der Waals surface area contributed by atoms with Crippen molar-refractivity contribution in [2.75, 3.05) is 5.43 Å². The van der Waals surface area contributed by atoms with Gasteiger partial charge in [0.1, 0.15) is 0 Å². The van der Waals surface area contributed by atoms with E-state index in [1.165, 1.54) is 0 Å². The van der Waals surface area contributed by atoms with Crippen LogP contribution in [0.4, 0.5) is 5.13 Å². The van der Waals surface area contributed by atoms with Gasteiger partial charge in [-0.2, -0.15) is 5.10 Å². The number of aryl methyl sites for hydroxylation is 1. The molecule has 1 aromatic heterocycles. The summed E-state index contributed by atoms with van der Waals surface area (Å²) in [6.07, 6.45) is 2.17. The summed E-state index contributed by atoms with van der Waals surface area (Å²) in [4.78, 5) is 4.24. The molecule has 0 saturated heterocycles. The summed E-state index contributed by atoms with van der Waals surface area (Å²) in [6, 6.07) is 0. The van der Waals surface area contributed by atoms with Crippen molar-refractivity contribution in [1.82, 2.24) is 4.98 Å². The van der Waals surface area contributed by atoms with E-state index in [4.69, 9.17) is 0 Å². The predicted octanol–water partition coefficient (Wildman–Crippen LogP) is 3.04. The second kappa shape index (κ2) is 4.97. The first-order valence-corrected chi connectivity index (χ1v) is 5.31. The molecule has 1 heterocycles. The Morgan fingerprint density at radius 3 is 3.00 bits per heavy atom. The quantitative estimate of drug-likeness (QED) is 0.595. The lowest BCUT2D eigenvalue weighted by Crippen LogP contribution is -1.96. The molecule has 0 fully saturated rings. The summed E-state index contributed by atoms with van der Waals surface area (Å²) in [7, 11) is 0. The molecule has 13 heavy (non-hydrogen) atoms. The molecule has 0 aliphatic heterocycles. The third-order valence-corrected chi connectivity index (χ3v) is 2.44. The monoisotopic (exact) mass is 197 g/mol. The average Bonchev–Trinajstić information content (AvgIpc) is 2.49. The van der Waals surface area contributed by atoms with Crippen molar-refractivity contribution in [2.45, 2.75) is 33.6 Å². The van der Waals surface area contributed by atoms with Crippen LogP contribution in [0.3, 0.4) is 0 Å². The number of anilines is 1. The van der Waals surface area contributed by atoms with Gasteiger partial charge in [-0.15, -0.1) is 11.3 Å². The Kier molecular flexibility index (Phi) is 3.89. The van der Waals surface area contributed by atoms with Gasteiger partial charge in [0, 0.05) is 11.1 Å². The second-order valence-electron chi connectivity index (χ2n) is 3.00. The van der Waals surface area contributed by atoms with Crippen LogP contribution in [-0.2, 0) is 0 Å². The van der Waals surface area contributed by atoms with Crippen LogP contribution in [0, 0.1) is 6.92 Å². The molecule has 0 radical (unpaired) electrons. The first-order valence-electron chi connectivity index (χ1n) is 4.43. The molecule has 0 unspecified atom stereocenters. The molecular weight excluding hydrogens is 182 g/mol. The Balaban J connectivity index is 2.46. The summed E-state index contributed by atoms with van der Waals surface area (Å²) < 4.78 is 0. The van der Waals surface area contributed by atoms with Crippen LogP contribution in [0.15, 0.2) is 10.5 Å². The van der Waals surface area contributed by atoms with Crippen LogP contribution in [0.5, 0.6) is 0 Å². The van der Waals surface area contributed by atoms with Gasteiger partial charge < -0.3 is 0 Å². The maximum absolute atomic E-state index is 4.24. The highest BCUT2D eigenvalue weighted by Crippen LogP contribution is 2.14. The molecule has 0 amide bonds. The van der Waals surface area contributed by atoms with E-state index in [9.17, 15) is 0 Å². The van der Waals surface area contributed by atoms with Crippen LogP contribution in [0.1, 0.15) is 32.4 Å². The fraction of sp³-hybridized carbons (Fsp3) is 0.556. The third-order valence-electron chi connectivity index (χ3n) is 1.57. The van der Waals surface area contributed by atoms with E-state index in [2.05, 4.69) is 22.4 Å². The van der Waals surface area contributed by atoms with Crippen LogP contribution in [0.2, 0.25) is 0 Å². The van der Waals surface area contributed by atoms with Crippen molar-refractivity contribution in [1.29, 1.82) is 0 Å². The van der Waals surface area contributed by atoms with Gasteiger partial charge in [0.25, 0.3) is 0 Å². The van der Waals surface area contributed by atoms with Gasteiger partial charge in [0.2, 0.25) is 5.13 Å². The van der Waals surface area contributed by atoms with Crippen molar-refractivity contribution in [3.8, 4) is 0 Å². The summed E-state index contributed by atoms with van der Waals surface area (Å²) >= 11 is 1.58. The molecule has 72 valence electrons. The minimum atomic E-state index is 0.868. The zero-order valence-electron chi connectivity index (χ0n) is 8.29. The van der Waals surface area contributed by atoms with Crippen LogP contribution in [-0.4, -0.2) is 10.7 Å². The van der Waals surface area contributed by atoms with E-state index >= 15 is 0 Å². The topological polar surface area (TPSA) is 37.3 Å². The number of hydrogen-bond donors (Lipinski definition) is 1. The Labute approximate surface area is 82.9 Å². The molecule has 1 N–H and O–H groups in total. The molecule has 1 aromatic rings.